The summed E-state index contributed by atoms with van der Waals surface area (Å²) in [6.45, 7) is 11.2. The third kappa shape index (κ3) is 5.20. The van der Waals surface area contributed by atoms with Crippen LogP contribution in [0.1, 0.15) is 85.0 Å². The molecule has 0 saturated carbocycles. The van der Waals surface area contributed by atoms with Crippen LogP contribution in [-0.4, -0.2) is 6.04 Å². The summed E-state index contributed by atoms with van der Waals surface area (Å²) in [7, 11) is 0. The zero-order valence-electron chi connectivity index (χ0n) is 13.5. The molecule has 0 bridgehead atoms. The molecule has 19 heavy (non-hydrogen) atoms. The molecule has 1 aliphatic rings. The Morgan fingerprint density at radius 3 is 2.05 bits per heavy atom. The van der Waals surface area contributed by atoms with Crippen LogP contribution in [0.25, 0.3) is 0 Å². The molecule has 1 rings (SSSR count). The van der Waals surface area contributed by atoms with Crippen molar-refractivity contribution in [1.29, 1.82) is 0 Å². The first-order chi connectivity index (χ1) is 9.24. The first-order valence-corrected chi connectivity index (χ1v) is 8.69. The monoisotopic (exact) mass is 265 g/mol. The Hall–Kier alpha value is -0.460. The van der Waals surface area contributed by atoms with Gasteiger partial charge in [0.25, 0.3) is 0 Å². The smallest absolute Gasteiger partial charge is 0.0292 e. The van der Waals surface area contributed by atoms with Gasteiger partial charge >= 0.3 is 0 Å². The van der Waals surface area contributed by atoms with Crippen LogP contribution in [0.2, 0.25) is 0 Å². The Balaban J connectivity index is 2.50. The van der Waals surface area contributed by atoms with Gasteiger partial charge in [0.1, 0.15) is 0 Å². The number of rotatable bonds is 10. The molecule has 0 spiro atoms. The predicted molar refractivity (Wildman–Crippen MR) is 86.2 cm³/mol. The topological polar surface area (TPSA) is 12.0 Å². The Morgan fingerprint density at radius 1 is 0.842 bits per heavy atom. The molecule has 0 aliphatic carbocycles. The van der Waals surface area contributed by atoms with Gasteiger partial charge in [0.05, 0.1) is 0 Å². The van der Waals surface area contributed by atoms with Crippen LogP contribution in [0, 0.1) is 11.8 Å². The summed E-state index contributed by atoms with van der Waals surface area (Å²) in [5, 5.41) is 3.73. The fourth-order valence-electron chi connectivity index (χ4n) is 3.63. The quantitative estimate of drug-likeness (QED) is 0.502. The lowest BCUT2D eigenvalue weighted by Gasteiger charge is -2.23. The average Bonchev–Trinajstić information content (AvgIpc) is 2.68. The molecule has 0 aromatic rings. The normalized spacial score (nSPS) is 26.7. The van der Waals surface area contributed by atoms with Crippen molar-refractivity contribution in [3.05, 3.63) is 12.3 Å². The summed E-state index contributed by atoms with van der Waals surface area (Å²) in [5.74, 6) is 1.60. The lowest BCUT2D eigenvalue weighted by Crippen LogP contribution is -2.27. The third-order valence-corrected chi connectivity index (χ3v) is 4.71. The molecule has 3 atom stereocenters. The van der Waals surface area contributed by atoms with Crippen molar-refractivity contribution in [2.45, 2.75) is 91.0 Å². The van der Waals surface area contributed by atoms with E-state index in [-0.39, 0.29) is 0 Å². The molecule has 0 aromatic heterocycles. The van der Waals surface area contributed by atoms with Crippen LogP contribution in [0.5, 0.6) is 0 Å². The summed E-state index contributed by atoms with van der Waals surface area (Å²) in [6, 6.07) is 0.714. The number of unbranched alkanes of at least 4 members (excludes halogenated alkanes) is 4. The van der Waals surface area contributed by atoms with Crippen molar-refractivity contribution < 1.29 is 0 Å². The van der Waals surface area contributed by atoms with Crippen LogP contribution >= 0.6 is 0 Å². The van der Waals surface area contributed by atoms with Crippen LogP contribution in [-0.2, 0) is 0 Å². The van der Waals surface area contributed by atoms with Crippen LogP contribution in [0.4, 0.5) is 0 Å². The molecule has 0 amide bonds. The molecule has 1 nitrogen and oxygen atoms in total. The lowest BCUT2D eigenvalue weighted by molar-refractivity contribution is 0.308. The summed E-state index contributed by atoms with van der Waals surface area (Å²) in [5.41, 5.74) is 1.34. The number of hydrogen-bond donors (Lipinski definition) is 1. The van der Waals surface area contributed by atoms with Gasteiger partial charge in [-0.3, -0.25) is 0 Å². The zero-order chi connectivity index (χ0) is 14.1. The summed E-state index contributed by atoms with van der Waals surface area (Å²) >= 11 is 0. The maximum atomic E-state index is 4.31. The Labute approximate surface area is 121 Å². The Bertz CT molecular complexity index is 246. The van der Waals surface area contributed by atoms with Gasteiger partial charge in [0.2, 0.25) is 0 Å². The fraction of sp³-hybridized carbons (Fsp3) is 0.889. The number of nitrogens with one attached hydrogen (secondary N) is 1. The lowest BCUT2D eigenvalue weighted by atomic mass is 9.81. The van der Waals surface area contributed by atoms with Gasteiger partial charge in [-0.15, -0.1) is 0 Å². The van der Waals surface area contributed by atoms with Crippen molar-refractivity contribution in [3.8, 4) is 0 Å². The molecule has 1 saturated heterocycles. The molecule has 1 aliphatic heterocycles. The molecule has 1 heterocycles. The van der Waals surface area contributed by atoms with Gasteiger partial charge < -0.3 is 5.32 Å². The minimum absolute atomic E-state index is 0.714. The van der Waals surface area contributed by atoms with E-state index >= 15 is 0 Å². The van der Waals surface area contributed by atoms with E-state index in [9.17, 15) is 0 Å². The van der Waals surface area contributed by atoms with Crippen LogP contribution in [0.3, 0.4) is 0 Å². The fourth-order valence-corrected chi connectivity index (χ4v) is 3.63. The maximum absolute atomic E-state index is 4.31. The maximum Gasteiger partial charge on any atom is 0.0292 e. The number of allylic oxidation sites excluding steroid dienone is 1. The van der Waals surface area contributed by atoms with E-state index < -0.39 is 0 Å². The first-order valence-electron chi connectivity index (χ1n) is 8.69. The highest BCUT2D eigenvalue weighted by molar-refractivity contribution is 5.11. The van der Waals surface area contributed by atoms with Gasteiger partial charge in [0.15, 0.2) is 0 Å². The van der Waals surface area contributed by atoms with E-state index in [0.29, 0.717) is 6.04 Å². The SMILES string of the molecule is C=C1NC(CCCCC)C(CCC)C1CCCCC. The molecule has 112 valence electrons. The first kappa shape index (κ1) is 16.6. The molecule has 1 fully saturated rings. The van der Waals surface area contributed by atoms with Gasteiger partial charge in [0, 0.05) is 17.7 Å². The Kier molecular flexibility index (Phi) is 8.25. The second kappa shape index (κ2) is 9.44. The molecule has 0 radical (unpaired) electrons. The summed E-state index contributed by atoms with van der Waals surface area (Å²) < 4.78 is 0. The van der Waals surface area contributed by atoms with Crippen molar-refractivity contribution in [1.82, 2.24) is 5.32 Å². The van der Waals surface area contributed by atoms with E-state index in [1.807, 2.05) is 0 Å². The Morgan fingerprint density at radius 2 is 1.47 bits per heavy atom. The second-order valence-corrected chi connectivity index (χ2v) is 6.33. The third-order valence-electron chi connectivity index (χ3n) is 4.71. The summed E-state index contributed by atoms with van der Waals surface area (Å²) in [4.78, 5) is 0. The van der Waals surface area contributed by atoms with E-state index in [4.69, 9.17) is 0 Å². The minimum Gasteiger partial charge on any atom is -0.386 e. The van der Waals surface area contributed by atoms with Crippen LogP contribution < -0.4 is 5.32 Å². The van der Waals surface area contributed by atoms with E-state index in [2.05, 4.69) is 32.7 Å². The number of hydrogen-bond acceptors (Lipinski definition) is 1. The molecule has 3 unspecified atom stereocenters. The van der Waals surface area contributed by atoms with Crippen molar-refractivity contribution in [2.24, 2.45) is 11.8 Å². The van der Waals surface area contributed by atoms with E-state index in [1.54, 1.807) is 0 Å². The highest BCUT2D eigenvalue weighted by atomic mass is 15.0. The van der Waals surface area contributed by atoms with Crippen molar-refractivity contribution in [2.75, 3.05) is 0 Å². The average molecular weight is 265 g/mol. The second-order valence-electron chi connectivity index (χ2n) is 6.33. The van der Waals surface area contributed by atoms with E-state index in [0.717, 1.165) is 11.8 Å². The molecule has 0 aromatic carbocycles. The largest absolute Gasteiger partial charge is 0.386 e. The van der Waals surface area contributed by atoms with Gasteiger partial charge in [-0.25, -0.2) is 0 Å². The zero-order valence-corrected chi connectivity index (χ0v) is 13.5. The van der Waals surface area contributed by atoms with Crippen molar-refractivity contribution >= 4 is 0 Å². The predicted octanol–water partition coefficient (Wildman–Crippen LogP) is 5.67. The molecular formula is C18H35N. The minimum atomic E-state index is 0.714. The summed E-state index contributed by atoms with van der Waals surface area (Å²) in [6.07, 6.45) is 13.6. The molecular weight excluding hydrogens is 230 g/mol. The van der Waals surface area contributed by atoms with Crippen LogP contribution in [0.15, 0.2) is 12.3 Å². The van der Waals surface area contributed by atoms with Gasteiger partial charge in [-0.2, -0.15) is 0 Å². The highest BCUT2D eigenvalue weighted by Gasteiger charge is 2.36. The van der Waals surface area contributed by atoms with Crippen molar-refractivity contribution in [3.63, 3.8) is 0 Å². The molecule has 1 N–H and O–H groups in total. The van der Waals surface area contributed by atoms with Gasteiger partial charge in [-0.1, -0.05) is 72.3 Å². The molecule has 1 heteroatoms. The van der Waals surface area contributed by atoms with Gasteiger partial charge in [-0.05, 0) is 25.2 Å². The standard InChI is InChI=1S/C18H35N/c1-5-8-10-13-16-15(4)19-18(14-11-9-6-2)17(16)12-7-3/h16-19H,4-14H2,1-3H3. The van der Waals surface area contributed by atoms with E-state index in [1.165, 1.54) is 69.9 Å². The highest BCUT2D eigenvalue weighted by Crippen LogP contribution is 2.38.